The third kappa shape index (κ3) is 2.38. The topological polar surface area (TPSA) is 36.9 Å². The highest BCUT2D eigenvalue weighted by atomic mass is 16.7. The Hall–Kier alpha value is -2.36. The van der Waals surface area contributed by atoms with Crippen molar-refractivity contribution in [1.29, 1.82) is 0 Å². The van der Waals surface area contributed by atoms with Crippen LogP contribution in [0.5, 0.6) is 23.0 Å². The Kier molecular flexibility index (Phi) is 3.33. The van der Waals surface area contributed by atoms with Gasteiger partial charge in [-0.3, -0.25) is 0 Å². The van der Waals surface area contributed by atoms with Gasteiger partial charge in [-0.05, 0) is 48.2 Å². The summed E-state index contributed by atoms with van der Waals surface area (Å²) in [4.78, 5) is 0. The zero-order valence-electron chi connectivity index (χ0n) is 13.4. The number of ether oxygens (including phenoxy) is 4. The van der Waals surface area contributed by atoms with Gasteiger partial charge >= 0.3 is 0 Å². The predicted octanol–water partition coefficient (Wildman–Crippen LogP) is 3.75. The third-order valence-electron chi connectivity index (χ3n) is 4.68. The molecule has 2 aromatic rings. The molecule has 4 rings (SSSR count). The van der Waals surface area contributed by atoms with E-state index in [-0.39, 0.29) is 0 Å². The lowest BCUT2D eigenvalue weighted by molar-refractivity contribution is -0.140. The molecule has 23 heavy (non-hydrogen) atoms. The fourth-order valence-electron chi connectivity index (χ4n) is 3.40. The van der Waals surface area contributed by atoms with Crippen LogP contribution in [0.3, 0.4) is 0 Å². The molecule has 2 heterocycles. The maximum atomic E-state index is 6.32. The molecule has 0 unspecified atom stereocenters. The first-order valence-electron chi connectivity index (χ1n) is 7.94. The van der Waals surface area contributed by atoms with Crippen LogP contribution < -0.4 is 18.9 Å². The summed E-state index contributed by atoms with van der Waals surface area (Å²) in [6, 6.07) is 12.0. The van der Waals surface area contributed by atoms with E-state index in [0.717, 1.165) is 48.7 Å². The molecule has 0 bridgehead atoms. The zero-order chi connectivity index (χ0) is 15.9. The van der Waals surface area contributed by atoms with Crippen LogP contribution >= 0.6 is 0 Å². The average Bonchev–Trinajstić information content (AvgIpc) is 2.60. The van der Waals surface area contributed by atoms with Crippen LogP contribution in [0.15, 0.2) is 36.4 Å². The molecule has 0 saturated carbocycles. The van der Waals surface area contributed by atoms with Crippen LogP contribution in [0.25, 0.3) is 0 Å². The molecule has 4 nitrogen and oxygen atoms in total. The van der Waals surface area contributed by atoms with Crippen molar-refractivity contribution < 1.29 is 18.9 Å². The highest BCUT2D eigenvalue weighted by molar-refractivity contribution is 5.49. The highest BCUT2D eigenvalue weighted by Crippen LogP contribution is 2.45. The summed E-state index contributed by atoms with van der Waals surface area (Å²) in [7, 11) is 3.35. The molecule has 1 spiro atoms. The van der Waals surface area contributed by atoms with Gasteiger partial charge < -0.3 is 18.9 Å². The number of benzene rings is 2. The first-order valence-corrected chi connectivity index (χ1v) is 7.94. The van der Waals surface area contributed by atoms with E-state index in [9.17, 15) is 0 Å². The fourth-order valence-corrected chi connectivity index (χ4v) is 3.40. The number of methoxy groups -OCH3 is 2. The normalized spacial score (nSPS) is 21.7. The Balaban J connectivity index is 1.66. The summed E-state index contributed by atoms with van der Waals surface area (Å²) in [6.07, 6.45) is 3.51. The van der Waals surface area contributed by atoms with Gasteiger partial charge in [0.2, 0.25) is 0 Å². The standard InChI is InChI=1S/C19H20O4/c1-20-15-6-7-16-14(12-15)9-11-19(22-16)10-8-13-4-3-5-17(21-2)18(13)23-19/h3-7,12H,8-11H2,1-2H3/t19-/m0/s1. The average molecular weight is 312 g/mol. The van der Waals surface area contributed by atoms with Gasteiger partial charge in [0.25, 0.3) is 5.79 Å². The SMILES string of the molecule is COc1ccc2c(c1)CC[C@@]1(CCc3cccc(OC)c3O1)O2. The molecule has 4 heteroatoms. The largest absolute Gasteiger partial charge is 0.497 e. The molecular formula is C19H20O4. The van der Waals surface area contributed by atoms with E-state index in [1.54, 1.807) is 14.2 Å². The molecule has 2 aliphatic heterocycles. The second kappa shape index (κ2) is 5.37. The summed E-state index contributed by atoms with van der Waals surface area (Å²) in [5.74, 6) is 2.74. The third-order valence-corrected chi connectivity index (χ3v) is 4.68. The minimum Gasteiger partial charge on any atom is -0.497 e. The van der Waals surface area contributed by atoms with Crippen molar-refractivity contribution in [3.8, 4) is 23.0 Å². The molecule has 0 N–H and O–H groups in total. The van der Waals surface area contributed by atoms with Gasteiger partial charge in [0, 0.05) is 12.8 Å². The quantitative estimate of drug-likeness (QED) is 0.846. The van der Waals surface area contributed by atoms with Crippen LogP contribution in [0.1, 0.15) is 24.0 Å². The molecule has 0 amide bonds. The minimum atomic E-state index is -0.594. The number of hydrogen-bond acceptors (Lipinski definition) is 4. The van der Waals surface area contributed by atoms with Gasteiger partial charge in [0.15, 0.2) is 11.5 Å². The number of hydrogen-bond donors (Lipinski definition) is 0. The van der Waals surface area contributed by atoms with Gasteiger partial charge in [0.1, 0.15) is 11.5 Å². The highest BCUT2D eigenvalue weighted by Gasteiger charge is 2.42. The van der Waals surface area contributed by atoms with Gasteiger partial charge in [-0.2, -0.15) is 0 Å². The van der Waals surface area contributed by atoms with Gasteiger partial charge in [0.05, 0.1) is 14.2 Å². The molecule has 2 aliphatic rings. The second-order valence-electron chi connectivity index (χ2n) is 6.04. The number of aryl methyl sites for hydroxylation is 2. The second-order valence-corrected chi connectivity index (χ2v) is 6.04. The molecular weight excluding hydrogens is 292 g/mol. The van der Waals surface area contributed by atoms with Crippen LogP contribution in [0.4, 0.5) is 0 Å². The van der Waals surface area contributed by atoms with E-state index >= 15 is 0 Å². The molecule has 0 radical (unpaired) electrons. The molecule has 0 saturated heterocycles. The fraction of sp³-hybridized carbons (Fsp3) is 0.368. The van der Waals surface area contributed by atoms with Crippen molar-refractivity contribution in [2.24, 2.45) is 0 Å². The molecule has 1 atom stereocenters. The van der Waals surface area contributed by atoms with Crippen LogP contribution in [-0.2, 0) is 12.8 Å². The van der Waals surface area contributed by atoms with Crippen molar-refractivity contribution in [3.05, 3.63) is 47.5 Å². The van der Waals surface area contributed by atoms with E-state index in [2.05, 4.69) is 6.07 Å². The lowest BCUT2D eigenvalue weighted by Gasteiger charge is -2.42. The van der Waals surface area contributed by atoms with E-state index in [1.807, 2.05) is 30.3 Å². The maximum absolute atomic E-state index is 6.32. The van der Waals surface area contributed by atoms with Crippen LogP contribution in [0.2, 0.25) is 0 Å². The number of rotatable bonds is 2. The van der Waals surface area contributed by atoms with Crippen molar-refractivity contribution in [1.82, 2.24) is 0 Å². The lowest BCUT2D eigenvalue weighted by Crippen LogP contribution is -2.47. The van der Waals surface area contributed by atoms with Crippen LogP contribution in [-0.4, -0.2) is 20.0 Å². The lowest BCUT2D eigenvalue weighted by atomic mass is 9.92. The summed E-state index contributed by atoms with van der Waals surface area (Å²) < 4.78 is 23.3. The first-order chi connectivity index (χ1) is 11.2. The van der Waals surface area contributed by atoms with Crippen LogP contribution in [0, 0.1) is 0 Å². The minimum absolute atomic E-state index is 0.594. The molecule has 0 aliphatic carbocycles. The van der Waals surface area contributed by atoms with E-state index in [0.29, 0.717) is 0 Å². The maximum Gasteiger partial charge on any atom is 0.252 e. The van der Waals surface area contributed by atoms with Crippen molar-refractivity contribution >= 4 is 0 Å². The Morgan fingerprint density at radius 2 is 1.74 bits per heavy atom. The number of para-hydroxylation sites is 1. The Bertz CT molecular complexity index is 726. The summed E-state index contributed by atoms with van der Waals surface area (Å²) in [5.41, 5.74) is 2.35. The predicted molar refractivity (Wildman–Crippen MR) is 86.6 cm³/mol. The monoisotopic (exact) mass is 312 g/mol. The summed E-state index contributed by atoms with van der Waals surface area (Å²) in [5, 5.41) is 0. The van der Waals surface area contributed by atoms with E-state index in [4.69, 9.17) is 18.9 Å². The van der Waals surface area contributed by atoms with Gasteiger partial charge in [-0.15, -0.1) is 0 Å². The van der Waals surface area contributed by atoms with E-state index < -0.39 is 5.79 Å². The zero-order valence-corrected chi connectivity index (χ0v) is 13.4. The van der Waals surface area contributed by atoms with Crippen molar-refractivity contribution in [2.75, 3.05) is 14.2 Å². The molecule has 2 aromatic carbocycles. The Labute approximate surface area is 135 Å². The van der Waals surface area contributed by atoms with Gasteiger partial charge in [-0.1, -0.05) is 12.1 Å². The van der Waals surface area contributed by atoms with Crippen molar-refractivity contribution in [3.63, 3.8) is 0 Å². The van der Waals surface area contributed by atoms with E-state index in [1.165, 1.54) is 11.1 Å². The molecule has 0 fully saturated rings. The van der Waals surface area contributed by atoms with Crippen molar-refractivity contribution in [2.45, 2.75) is 31.5 Å². The number of fused-ring (bicyclic) bond motifs is 2. The van der Waals surface area contributed by atoms with Gasteiger partial charge in [-0.25, -0.2) is 0 Å². The summed E-state index contributed by atoms with van der Waals surface area (Å²) in [6.45, 7) is 0. The smallest absolute Gasteiger partial charge is 0.252 e. The Morgan fingerprint density at radius 1 is 0.913 bits per heavy atom. The first kappa shape index (κ1) is 14.2. The summed E-state index contributed by atoms with van der Waals surface area (Å²) >= 11 is 0. The molecule has 0 aromatic heterocycles. The molecule has 120 valence electrons. The Morgan fingerprint density at radius 3 is 2.52 bits per heavy atom.